The zero-order valence-corrected chi connectivity index (χ0v) is 8.77. The van der Waals surface area contributed by atoms with Crippen molar-refractivity contribution in [1.82, 2.24) is 0 Å². The molecule has 0 bridgehead atoms. The van der Waals surface area contributed by atoms with E-state index >= 15 is 0 Å². The lowest BCUT2D eigenvalue weighted by Crippen LogP contribution is -1.92. The van der Waals surface area contributed by atoms with Crippen molar-refractivity contribution in [1.29, 1.82) is 0 Å². The van der Waals surface area contributed by atoms with Crippen LogP contribution < -0.4 is 9.47 Å². The molecule has 0 radical (unpaired) electrons. The molecule has 0 unspecified atom stereocenters. The van der Waals surface area contributed by atoms with Crippen molar-refractivity contribution in [2.75, 3.05) is 6.79 Å². The predicted molar refractivity (Wildman–Crippen MR) is 61.5 cm³/mol. The summed E-state index contributed by atoms with van der Waals surface area (Å²) >= 11 is 0. The maximum absolute atomic E-state index is 9.54. The molecule has 0 saturated carbocycles. The molecule has 1 N–H and O–H groups in total. The zero-order chi connectivity index (χ0) is 11.4. The highest BCUT2D eigenvalue weighted by Crippen LogP contribution is 2.38. The van der Waals surface area contributed by atoms with Crippen molar-refractivity contribution in [3.8, 4) is 17.4 Å². The van der Waals surface area contributed by atoms with Crippen LogP contribution in [0.3, 0.4) is 0 Å². The minimum absolute atomic E-state index is 0.0560. The molecule has 2 heterocycles. The molecule has 0 atom stereocenters. The first kappa shape index (κ1) is 8.75. The molecular weight excluding hydrogens is 220 g/mol. The van der Waals surface area contributed by atoms with Gasteiger partial charge >= 0.3 is 0 Å². The number of furan rings is 1. The van der Waals surface area contributed by atoms with E-state index in [-0.39, 0.29) is 12.7 Å². The summed E-state index contributed by atoms with van der Waals surface area (Å²) in [6.45, 7) is 0.262. The molecule has 4 nitrogen and oxygen atoms in total. The van der Waals surface area contributed by atoms with E-state index in [0.717, 1.165) is 27.7 Å². The van der Waals surface area contributed by atoms with E-state index in [9.17, 15) is 5.11 Å². The Bertz CT molecular complexity index is 742. The average molecular weight is 228 g/mol. The topological polar surface area (TPSA) is 51.8 Å². The molecule has 1 aromatic heterocycles. The fourth-order valence-corrected chi connectivity index (χ4v) is 2.17. The smallest absolute Gasteiger partial charge is 0.289 e. The van der Waals surface area contributed by atoms with Crippen LogP contribution in [0.2, 0.25) is 0 Å². The van der Waals surface area contributed by atoms with E-state index in [4.69, 9.17) is 13.9 Å². The van der Waals surface area contributed by atoms with Crippen LogP contribution in [0.25, 0.3) is 21.5 Å². The summed E-state index contributed by atoms with van der Waals surface area (Å²) in [4.78, 5) is 0. The quantitative estimate of drug-likeness (QED) is 0.642. The van der Waals surface area contributed by atoms with Crippen molar-refractivity contribution in [3.05, 3.63) is 30.5 Å². The summed E-state index contributed by atoms with van der Waals surface area (Å²) in [7, 11) is 0. The third-order valence-electron chi connectivity index (χ3n) is 3.03. The number of aromatic hydroxyl groups is 1. The van der Waals surface area contributed by atoms with Gasteiger partial charge in [0.25, 0.3) is 5.95 Å². The van der Waals surface area contributed by atoms with Gasteiger partial charge in [-0.3, -0.25) is 0 Å². The Kier molecular flexibility index (Phi) is 1.47. The maximum atomic E-state index is 9.54. The zero-order valence-electron chi connectivity index (χ0n) is 8.77. The first-order valence-electron chi connectivity index (χ1n) is 5.25. The Morgan fingerprint density at radius 1 is 0.882 bits per heavy atom. The molecule has 1 aliphatic rings. The Labute approximate surface area is 96.0 Å². The molecule has 2 aromatic carbocycles. The second kappa shape index (κ2) is 2.85. The van der Waals surface area contributed by atoms with Gasteiger partial charge in [-0.15, -0.1) is 0 Å². The minimum Gasteiger partial charge on any atom is -0.480 e. The average Bonchev–Trinajstić information content (AvgIpc) is 2.91. The van der Waals surface area contributed by atoms with Gasteiger partial charge in [-0.1, -0.05) is 0 Å². The van der Waals surface area contributed by atoms with Gasteiger partial charge in [-0.2, -0.15) is 0 Å². The van der Waals surface area contributed by atoms with Crippen LogP contribution in [-0.2, 0) is 0 Å². The summed E-state index contributed by atoms with van der Waals surface area (Å²) in [6, 6.07) is 7.67. The van der Waals surface area contributed by atoms with E-state index in [0.29, 0.717) is 5.39 Å². The molecule has 4 rings (SSSR count). The lowest BCUT2D eigenvalue weighted by molar-refractivity contribution is 0.174. The molecule has 4 heteroatoms. The van der Waals surface area contributed by atoms with Crippen molar-refractivity contribution in [3.63, 3.8) is 0 Å². The molecule has 0 spiro atoms. The van der Waals surface area contributed by atoms with Gasteiger partial charge < -0.3 is 19.0 Å². The number of benzene rings is 2. The van der Waals surface area contributed by atoms with Crippen molar-refractivity contribution in [2.45, 2.75) is 0 Å². The molecule has 84 valence electrons. The van der Waals surface area contributed by atoms with Crippen LogP contribution in [-0.4, -0.2) is 11.9 Å². The van der Waals surface area contributed by atoms with Crippen LogP contribution in [0.15, 0.2) is 34.9 Å². The van der Waals surface area contributed by atoms with Crippen LogP contribution in [0.1, 0.15) is 0 Å². The van der Waals surface area contributed by atoms with E-state index < -0.39 is 0 Å². The lowest BCUT2D eigenvalue weighted by atomic mass is 10.1. The van der Waals surface area contributed by atoms with Crippen molar-refractivity contribution in [2.24, 2.45) is 0 Å². The SMILES string of the molecule is Oc1occ2cc3cc4c(cc3cc12)OCO4. The predicted octanol–water partition coefficient (Wildman–Crippen LogP) is 3.02. The van der Waals surface area contributed by atoms with Crippen LogP contribution in [0.4, 0.5) is 0 Å². The van der Waals surface area contributed by atoms with Gasteiger partial charge in [0.05, 0.1) is 5.39 Å². The van der Waals surface area contributed by atoms with Gasteiger partial charge in [-0.05, 0) is 35.0 Å². The normalized spacial score (nSPS) is 13.6. The standard InChI is InChI=1S/C13H8O4/c14-13-10-2-8-4-12-11(16-6-17-12)3-7(8)1-9(10)5-15-13/h1-5,14H,6H2. The molecule has 0 aliphatic carbocycles. The summed E-state index contributed by atoms with van der Waals surface area (Å²) in [6.07, 6.45) is 1.54. The maximum Gasteiger partial charge on any atom is 0.289 e. The summed E-state index contributed by atoms with van der Waals surface area (Å²) < 4.78 is 15.6. The van der Waals surface area contributed by atoms with Crippen LogP contribution >= 0.6 is 0 Å². The van der Waals surface area contributed by atoms with Gasteiger partial charge in [0.1, 0.15) is 6.26 Å². The van der Waals surface area contributed by atoms with Crippen molar-refractivity contribution >= 4 is 21.5 Å². The Hall–Kier alpha value is -2.36. The van der Waals surface area contributed by atoms with E-state index in [2.05, 4.69) is 0 Å². The fourth-order valence-electron chi connectivity index (χ4n) is 2.17. The third kappa shape index (κ3) is 1.12. The second-order valence-corrected chi connectivity index (χ2v) is 4.03. The van der Waals surface area contributed by atoms with Gasteiger partial charge in [0.15, 0.2) is 11.5 Å². The first-order valence-corrected chi connectivity index (χ1v) is 5.25. The number of fused-ring (bicyclic) bond motifs is 3. The molecular formula is C13H8O4. The minimum atomic E-state index is -0.0560. The van der Waals surface area contributed by atoms with E-state index in [1.54, 1.807) is 0 Å². The van der Waals surface area contributed by atoms with Gasteiger partial charge in [0, 0.05) is 5.39 Å². The summed E-state index contributed by atoms with van der Waals surface area (Å²) in [5, 5.41) is 13.1. The van der Waals surface area contributed by atoms with Gasteiger partial charge in [-0.25, -0.2) is 0 Å². The van der Waals surface area contributed by atoms with Crippen molar-refractivity contribution < 1.29 is 19.0 Å². The number of hydrogen-bond acceptors (Lipinski definition) is 4. The highest BCUT2D eigenvalue weighted by molar-refractivity contribution is 6.01. The van der Waals surface area contributed by atoms with E-state index in [1.165, 1.54) is 6.26 Å². The monoisotopic (exact) mass is 228 g/mol. The fraction of sp³-hybridized carbons (Fsp3) is 0.0769. The Morgan fingerprint density at radius 3 is 2.35 bits per heavy atom. The molecule has 1 aliphatic heterocycles. The summed E-state index contributed by atoms with van der Waals surface area (Å²) in [5.74, 6) is 1.43. The largest absolute Gasteiger partial charge is 0.480 e. The second-order valence-electron chi connectivity index (χ2n) is 4.03. The molecule has 0 amide bonds. The molecule has 17 heavy (non-hydrogen) atoms. The molecule has 3 aromatic rings. The van der Waals surface area contributed by atoms with Gasteiger partial charge in [0.2, 0.25) is 6.79 Å². The Morgan fingerprint density at radius 2 is 1.59 bits per heavy atom. The number of ether oxygens (including phenoxy) is 2. The number of hydrogen-bond donors (Lipinski definition) is 1. The third-order valence-corrected chi connectivity index (χ3v) is 3.03. The highest BCUT2D eigenvalue weighted by Gasteiger charge is 2.15. The van der Waals surface area contributed by atoms with E-state index in [1.807, 2.05) is 24.3 Å². The number of rotatable bonds is 0. The molecule has 0 fully saturated rings. The first-order chi connectivity index (χ1) is 8.31. The van der Waals surface area contributed by atoms with Crippen LogP contribution in [0, 0.1) is 0 Å². The summed E-state index contributed by atoms with van der Waals surface area (Å²) in [5.41, 5.74) is 0. The molecule has 0 saturated heterocycles. The van der Waals surface area contributed by atoms with Crippen LogP contribution in [0.5, 0.6) is 17.4 Å². The lowest BCUT2D eigenvalue weighted by Gasteiger charge is -2.01. The Balaban J connectivity index is 2.13. The highest BCUT2D eigenvalue weighted by atomic mass is 16.7.